The number of benzene rings is 3. The molecule has 0 aromatic heterocycles. The van der Waals surface area contributed by atoms with Crippen LogP contribution in [-0.2, 0) is 16.1 Å². The maximum atomic E-state index is 12.5. The standard InChI is InChI=1S/C31H30Br2Cl2N4O7/c1-4-44-25-11-18(28-27(30(41)43-3)16(2)37-31(42)38-28)6-8-24(25)45-15-26(40)39-36-13-17-9-21(32)29(22(33)10-17)46-14-19-5-7-20(34)12-23(19)35/h5-13,26,28,39-40H,4,14-15H2,1-3H3,(H2,37,38,42)/b36-13-/t26-,28-/m1/s1. The number of hydrogen-bond donors (Lipinski definition) is 4. The molecule has 0 spiro atoms. The van der Waals surface area contributed by atoms with E-state index in [1.165, 1.54) is 13.3 Å². The summed E-state index contributed by atoms with van der Waals surface area (Å²) in [4.78, 5) is 24.6. The fourth-order valence-electron chi connectivity index (χ4n) is 4.40. The number of aliphatic hydroxyl groups is 1. The van der Waals surface area contributed by atoms with E-state index in [1.54, 1.807) is 55.5 Å². The van der Waals surface area contributed by atoms with E-state index in [-0.39, 0.29) is 18.8 Å². The first kappa shape index (κ1) is 35.4. The molecule has 0 bridgehead atoms. The van der Waals surface area contributed by atoms with Crippen molar-refractivity contribution in [3.05, 3.63) is 95.5 Å². The second kappa shape index (κ2) is 16.4. The number of carbonyl (C=O) groups is 2. The number of nitrogens with one attached hydrogen (secondary N) is 3. The summed E-state index contributed by atoms with van der Waals surface area (Å²) in [6.07, 6.45) is 0.366. The van der Waals surface area contributed by atoms with Gasteiger partial charge in [0.25, 0.3) is 0 Å². The number of nitrogens with zero attached hydrogens (tertiary/aromatic N) is 1. The minimum atomic E-state index is -1.16. The molecule has 4 N–H and O–H groups in total. The van der Waals surface area contributed by atoms with Gasteiger partial charge in [-0.15, -0.1) is 0 Å². The molecule has 1 heterocycles. The molecule has 0 saturated carbocycles. The average Bonchev–Trinajstić information content (AvgIpc) is 3.00. The number of halogens is 4. The molecule has 1 aliphatic rings. The van der Waals surface area contributed by atoms with E-state index < -0.39 is 24.3 Å². The molecule has 0 unspecified atom stereocenters. The van der Waals surface area contributed by atoms with Gasteiger partial charge in [-0.05, 0) is 93.2 Å². The lowest BCUT2D eigenvalue weighted by Crippen LogP contribution is -2.45. The second-order valence-corrected chi connectivity index (χ2v) is 12.3. The van der Waals surface area contributed by atoms with Gasteiger partial charge in [0.15, 0.2) is 17.7 Å². The van der Waals surface area contributed by atoms with Crippen LogP contribution in [0.15, 0.2) is 73.8 Å². The number of methoxy groups -OCH3 is 1. The number of hydrogen-bond acceptors (Lipinski definition) is 9. The highest BCUT2D eigenvalue weighted by Crippen LogP contribution is 2.36. The third-order valence-electron chi connectivity index (χ3n) is 6.52. The lowest BCUT2D eigenvalue weighted by molar-refractivity contribution is -0.136. The third kappa shape index (κ3) is 9.07. The second-order valence-electron chi connectivity index (χ2n) is 9.75. The fourth-order valence-corrected chi connectivity index (χ4v) is 6.31. The number of carbonyl (C=O) groups excluding carboxylic acids is 2. The Balaban J connectivity index is 1.37. The molecule has 0 aliphatic carbocycles. The zero-order valence-electron chi connectivity index (χ0n) is 24.8. The van der Waals surface area contributed by atoms with Gasteiger partial charge in [0, 0.05) is 21.3 Å². The van der Waals surface area contributed by atoms with E-state index in [0.29, 0.717) is 59.7 Å². The Bertz CT molecular complexity index is 1650. The molecular weight excluding hydrogens is 771 g/mol. The first-order valence-electron chi connectivity index (χ1n) is 13.8. The van der Waals surface area contributed by atoms with Gasteiger partial charge in [-0.3, -0.25) is 5.43 Å². The molecule has 11 nitrogen and oxygen atoms in total. The van der Waals surface area contributed by atoms with E-state index in [2.05, 4.69) is 53.0 Å². The normalized spacial score (nSPS) is 15.2. The number of hydrazone groups is 1. The first-order chi connectivity index (χ1) is 22.0. The van der Waals surface area contributed by atoms with Crippen LogP contribution in [0.2, 0.25) is 10.0 Å². The summed E-state index contributed by atoms with van der Waals surface area (Å²) < 4.78 is 23.8. The van der Waals surface area contributed by atoms with Gasteiger partial charge in [0.2, 0.25) is 0 Å². The Hall–Kier alpha value is -3.49. The molecule has 244 valence electrons. The lowest BCUT2D eigenvalue weighted by atomic mass is 9.95. The van der Waals surface area contributed by atoms with Crippen LogP contribution in [-0.4, -0.2) is 49.9 Å². The molecular formula is C31H30Br2Cl2N4O7. The van der Waals surface area contributed by atoms with Gasteiger partial charge in [0.05, 0.1) is 40.5 Å². The van der Waals surface area contributed by atoms with Crippen LogP contribution in [0, 0.1) is 0 Å². The van der Waals surface area contributed by atoms with Crippen LogP contribution in [0.1, 0.15) is 36.6 Å². The van der Waals surface area contributed by atoms with Gasteiger partial charge in [-0.1, -0.05) is 35.3 Å². The van der Waals surface area contributed by atoms with Crippen molar-refractivity contribution in [2.45, 2.75) is 32.7 Å². The van der Waals surface area contributed by atoms with Crippen LogP contribution in [0.5, 0.6) is 17.2 Å². The predicted molar refractivity (Wildman–Crippen MR) is 182 cm³/mol. The largest absolute Gasteiger partial charge is 0.490 e. The van der Waals surface area contributed by atoms with Crippen molar-refractivity contribution in [1.29, 1.82) is 0 Å². The van der Waals surface area contributed by atoms with Crippen LogP contribution in [0.4, 0.5) is 4.79 Å². The summed E-state index contributed by atoms with van der Waals surface area (Å²) in [6, 6.07) is 12.6. The summed E-state index contributed by atoms with van der Waals surface area (Å²) in [7, 11) is 1.27. The van der Waals surface area contributed by atoms with Crippen LogP contribution < -0.4 is 30.3 Å². The lowest BCUT2D eigenvalue weighted by Gasteiger charge is -2.28. The Morgan fingerprint density at radius 1 is 1.09 bits per heavy atom. The molecule has 4 rings (SSSR count). The van der Waals surface area contributed by atoms with Crippen molar-refractivity contribution in [2.75, 3.05) is 20.3 Å². The van der Waals surface area contributed by atoms with E-state index in [9.17, 15) is 14.7 Å². The van der Waals surface area contributed by atoms with E-state index in [0.717, 1.165) is 5.56 Å². The molecule has 2 amide bonds. The van der Waals surface area contributed by atoms with Crippen molar-refractivity contribution < 1.29 is 33.6 Å². The highest BCUT2D eigenvalue weighted by molar-refractivity contribution is 9.11. The number of ether oxygens (including phenoxy) is 4. The Kier molecular flexibility index (Phi) is 12.6. The molecule has 2 atom stereocenters. The smallest absolute Gasteiger partial charge is 0.337 e. The Morgan fingerprint density at radius 3 is 2.50 bits per heavy atom. The monoisotopic (exact) mass is 798 g/mol. The molecule has 0 fully saturated rings. The third-order valence-corrected chi connectivity index (χ3v) is 8.28. The number of aliphatic hydroxyl groups excluding tert-OH is 1. The predicted octanol–water partition coefficient (Wildman–Crippen LogP) is 6.62. The van der Waals surface area contributed by atoms with Gasteiger partial charge in [-0.25, -0.2) is 9.59 Å². The van der Waals surface area contributed by atoms with E-state index in [1.807, 2.05) is 6.92 Å². The van der Waals surface area contributed by atoms with Gasteiger partial charge < -0.3 is 34.7 Å². The number of amides is 2. The SMILES string of the molecule is CCOc1cc([C@H]2NC(=O)NC(C)=C2C(=O)OC)ccc1OC[C@@H](O)N/N=C\c1cc(Br)c(OCc2ccc(Cl)cc2Cl)c(Br)c1. The van der Waals surface area contributed by atoms with Crippen molar-refractivity contribution >= 4 is 73.3 Å². The fraction of sp³-hybridized carbons (Fsp3) is 0.258. The molecule has 3 aromatic carbocycles. The average molecular weight is 801 g/mol. The molecule has 46 heavy (non-hydrogen) atoms. The summed E-state index contributed by atoms with van der Waals surface area (Å²) >= 11 is 19.3. The highest BCUT2D eigenvalue weighted by Gasteiger charge is 2.32. The van der Waals surface area contributed by atoms with Crippen molar-refractivity contribution in [2.24, 2.45) is 5.10 Å². The molecule has 0 saturated heterocycles. The topological polar surface area (TPSA) is 140 Å². The van der Waals surface area contributed by atoms with Crippen LogP contribution in [0.25, 0.3) is 0 Å². The van der Waals surface area contributed by atoms with Gasteiger partial charge in [0.1, 0.15) is 19.0 Å². The van der Waals surface area contributed by atoms with E-state index in [4.69, 9.17) is 42.1 Å². The zero-order chi connectivity index (χ0) is 33.4. The number of allylic oxidation sites excluding steroid dienone is 1. The molecule has 0 radical (unpaired) electrons. The maximum absolute atomic E-state index is 12.5. The number of rotatable bonds is 13. The van der Waals surface area contributed by atoms with Crippen LogP contribution in [0.3, 0.4) is 0 Å². The molecule has 15 heteroatoms. The minimum absolute atomic E-state index is 0.166. The summed E-state index contributed by atoms with van der Waals surface area (Å²) in [5, 5.41) is 21.0. The Morgan fingerprint density at radius 2 is 1.83 bits per heavy atom. The Labute approximate surface area is 292 Å². The van der Waals surface area contributed by atoms with Crippen LogP contribution >= 0.6 is 55.1 Å². The summed E-state index contributed by atoms with van der Waals surface area (Å²) in [5.41, 5.74) is 5.35. The maximum Gasteiger partial charge on any atom is 0.337 e. The summed E-state index contributed by atoms with van der Waals surface area (Å²) in [5.74, 6) is 0.711. The summed E-state index contributed by atoms with van der Waals surface area (Å²) in [6.45, 7) is 3.83. The van der Waals surface area contributed by atoms with Gasteiger partial charge in [-0.2, -0.15) is 5.10 Å². The molecule has 3 aromatic rings. The molecule has 1 aliphatic heterocycles. The number of esters is 1. The highest BCUT2D eigenvalue weighted by atomic mass is 79.9. The zero-order valence-corrected chi connectivity index (χ0v) is 29.5. The van der Waals surface area contributed by atoms with Crippen molar-refractivity contribution in [1.82, 2.24) is 16.1 Å². The van der Waals surface area contributed by atoms with Crippen molar-refractivity contribution in [3.63, 3.8) is 0 Å². The van der Waals surface area contributed by atoms with Crippen molar-refractivity contribution in [3.8, 4) is 17.2 Å². The number of urea groups is 1. The first-order valence-corrected chi connectivity index (χ1v) is 16.1. The minimum Gasteiger partial charge on any atom is -0.490 e. The van der Waals surface area contributed by atoms with Gasteiger partial charge >= 0.3 is 12.0 Å². The van der Waals surface area contributed by atoms with E-state index >= 15 is 0 Å². The quantitative estimate of drug-likeness (QED) is 0.0656.